The summed E-state index contributed by atoms with van der Waals surface area (Å²) >= 11 is 0.929. The molecule has 0 unspecified atom stereocenters. The minimum absolute atomic E-state index is 0.0384. The minimum Gasteiger partial charge on any atom is -0.397 e. The number of nitrogen functional groups attached to an aromatic ring is 1. The zero-order valence-electron chi connectivity index (χ0n) is 8.26. The van der Waals surface area contributed by atoms with E-state index >= 15 is 0 Å². The Balaban J connectivity index is 2.69. The molecule has 0 bridgehead atoms. The SMILES string of the molecule is NC(=O)c1[nH+]c2cc(C(F)(F)F)cc(N)c2s1. The van der Waals surface area contributed by atoms with Crippen LogP contribution in [0.2, 0.25) is 0 Å². The van der Waals surface area contributed by atoms with E-state index in [2.05, 4.69) is 4.98 Å². The highest BCUT2D eigenvalue weighted by molar-refractivity contribution is 7.20. The Labute approximate surface area is 97.0 Å². The fourth-order valence-corrected chi connectivity index (χ4v) is 2.25. The fourth-order valence-electron chi connectivity index (χ4n) is 1.38. The normalized spacial score (nSPS) is 11.9. The van der Waals surface area contributed by atoms with Gasteiger partial charge in [0.2, 0.25) is 5.52 Å². The molecule has 0 radical (unpaired) electrons. The molecule has 0 atom stereocenters. The molecule has 5 N–H and O–H groups in total. The van der Waals surface area contributed by atoms with Crippen LogP contribution in [0.4, 0.5) is 18.9 Å². The Kier molecular flexibility index (Phi) is 2.46. The van der Waals surface area contributed by atoms with Crippen molar-refractivity contribution >= 4 is 33.1 Å². The maximum atomic E-state index is 12.5. The molecule has 1 amide bonds. The summed E-state index contributed by atoms with van der Waals surface area (Å²) in [6, 6.07) is 1.73. The summed E-state index contributed by atoms with van der Waals surface area (Å²) in [5.74, 6) is -0.737. The molecule has 2 rings (SSSR count). The van der Waals surface area contributed by atoms with Crippen LogP contribution >= 0.6 is 11.3 Å². The number of hydrogen-bond donors (Lipinski definition) is 2. The van der Waals surface area contributed by atoms with Crippen LogP contribution in [-0.2, 0) is 6.18 Å². The van der Waals surface area contributed by atoms with E-state index in [4.69, 9.17) is 11.5 Å². The van der Waals surface area contributed by atoms with Gasteiger partial charge < -0.3 is 11.5 Å². The summed E-state index contributed by atoms with van der Waals surface area (Å²) in [6.07, 6.45) is -4.48. The Hall–Kier alpha value is -1.83. The number of hydrogen-bond acceptors (Lipinski definition) is 3. The molecule has 0 aliphatic carbocycles. The Morgan fingerprint density at radius 3 is 2.53 bits per heavy atom. The van der Waals surface area contributed by atoms with Crippen LogP contribution < -0.4 is 16.5 Å². The van der Waals surface area contributed by atoms with Crippen LogP contribution in [0.5, 0.6) is 0 Å². The molecule has 1 heterocycles. The molecule has 0 fully saturated rings. The summed E-state index contributed by atoms with van der Waals surface area (Å²) in [5.41, 5.74) is 9.78. The number of amides is 1. The van der Waals surface area contributed by atoms with E-state index < -0.39 is 17.6 Å². The van der Waals surface area contributed by atoms with E-state index in [1.807, 2.05) is 0 Å². The van der Waals surface area contributed by atoms with Crippen molar-refractivity contribution in [3.05, 3.63) is 22.7 Å². The van der Waals surface area contributed by atoms with Gasteiger partial charge in [0.25, 0.3) is 0 Å². The van der Waals surface area contributed by atoms with E-state index in [0.717, 1.165) is 23.5 Å². The van der Waals surface area contributed by atoms with Crippen LogP contribution in [-0.4, -0.2) is 5.91 Å². The summed E-state index contributed by atoms with van der Waals surface area (Å²) in [7, 11) is 0. The molecule has 1 aromatic carbocycles. The Morgan fingerprint density at radius 2 is 2.00 bits per heavy atom. The molecule has 0 saturated carbocycles. The number of primary amides is 1. The van der Waals surface area contributed by atoms with E-state index in [-0.39, 0.29) is 16.2 Å². The number of H-pyrrole nitrogens is 1. The highest BCUT2D eigenvalue weighted by Gasteiger charge is 2.33. The topological polar surface area (TPSA) is 83.2 Å². The lowest BCUT2D eigenvalue weighted by atomic mass is 10.2. The zero-order valence-corrected chi connectivity index (χ0v) is 9.08. The summed E-state index contributed by atoms with van der Waals surface area (Å²) < 4.78 is 37.9. The van der Waals surface area contributed by atoms with Gasteiger partial charge in [-0.3, -0.25) is 4.79 Å². The molecular weight excluding hydrogens is 255 g/mol. The molecule has 2 aromatic rings. The lowest BCUT2D eigenvalue weighted by Gasteiger charge is -2.05. The fraction of sp³-hybridized carbons (Fsp3) is 0.111. The average Bonchev–Trinajstić information content (AvgIpc) is 2.60. The molecule has 0 spiro atoms. The van der Waals surface area contributed by atoms with Crippen molar-refractivity contribution in [1.82, 2.24) is 0 Å². The number of aromatic amines is 1. The quantitative estimate of drug-likeness (QED) is 0.762. The Bertz CT molecular complexity index is 605. The van der Waals surface area contributed by atoms with Crippen LogP contribution in [0, 0.1) is 0 Å². The first-order valence-electron chi connectivity index (χ1n) is 4.41. The second-order valence-electron chi connectivity index (χ2n) is 3.36. The van der Waals surface area contributed by atoms with Crippen molar-refractivity contribution in [3.8, 4) is 0 Å². The van der Waals surface area contributed by atoms with E-state index in [1.54, 1.807) is 0 Å². The summed E-state index contributed by atoms with van der Waals surface area (Å²) in [4.78, 5) is 13.4. The first-order valence-corrected chi connectivity index (χ1v) is 5.23. The van der Waals surface area contributed by atoms with Crippen molar-refractivity contribution in [3.63, 3.8) is 0 Å². The third kappa shape index (κ3) is 2.03. The highest BCUT2D eigenvalue weighted by Crippen LogP contribution is 2.35. The van der Waals surface area contributed by atoms with Gasteiger partial charge in [0.1, 0.15) is 4.70 Å². The second kappa shape index (κ2) is 3.59. The van der Waals surface area contributed by atoms with Crippen molar-refractivity contribution in [2.45, 2.75) is 6.18 Å². The van der Waals surface area contributed by atoms with Gasteiger partial charge in [-0.05, 0) is 6.07 Å². The maximum Gasteiger partial charge on any atom is 0.416 e. The number of fused-ring (bicyclic) bond motifs is 1. The molecule has 0 saturated heterocycles. The maximum absolute atomic E-state index is 12.5. The van der Waals surface area contributed by atoms with Crippen molar-refractivity contribution in [2.24, 2.45) is 5.73 Å². The first-order chi connectivity index (χ1) is 7.79. The van der Waals surface area contributed by atoms with Gasteiger partial charge in [-0.25, -0.2) is 0 Å². The molecule has 4 nitrogen and oxygen atoms in total. The van der Waals surface area contributed by atoms with Gasteiger partial charge in [-0.2, -0.15) is 18.2 Å². The molecule has 0 aliphatic heterocycles. The van der Waals surface area contributed by atoms with Gasteiger partial charge in [0.05, 0.1) is 11.3 Å². The average molecular weight is 262 g/mol. The van der Waals surface area contributed by atoms with Gasteiger partial charge in [-0.15, -0.1) is 0 Å². The number of carbonyl (C=O) groups is 1. The third-order valence-electron chi connectivity index (χ3n) is 2.12. The van der Waals surface area contributed by atoms with E-state index in [0.29, 0.717) is 4.70 Å². The largest absolute Gasteiger partial charge is 0.416 e. The van der Waals surface area contributed by atoms with Gasteiger partial charge in [0.15, 0.2) is 0 Å². The van der Waals surface area contributed by atoms with Gasteiger partial charge in [0, 0.05) is 6.07 Å². The molecule has 8 heteroatoms. The lowest BCUT2D eigenvalue weighted by Crippen LogP contribution is -2.19. The number of nitrogens with one attached hydrogen (secondary N) is 1. The van der Waals surface area contributed by atoms with Crippen LogP contribution in [0.15, 0.2) is 12.1 Å². The number of aromatic nitrogens is 1. The zero-order chi connectivity index (χ0) is 12.8. The number of anilines is 1. The van der Waals surface area contributed by atoms with E-state index in [1.165, 1.54) is 0 Å². The number of benzene rings is 1. The highest BCUT2D eigenvalue weighted by atomic mass is 32.1. The van der Waals surface area contributed by atoms with Crippen LogP contribution in [0.1, 0.15) is 15.4 Å². The smallest absolute Gasteiger partial charge is 0.397 e. The molecule has 0 aliphatic rings. The Morgan fingerprint density at radius 1 is 1.35 bits per heavy atom. The summed E-state index contributed by atoms with van der Waals surface area (Å²) in [5, 5.41) is 0.0611. The minimum atomic E-state index is -4.48. The van der Waals surface area contributed by atoms with Crippen LogP contribution in [0.3, 0.4) is 0 Å². The number of halogens is 3. The van der Waals surface area contributed by atoms with E-state index in [9.17, 15) is 18.0 Å². The van der Waals surface area contributed by atoms with Crippen molar-refractivity contribution < 1.29 is 22.9 Å². The number of carbonyl (C=O) groups excluding carboxylic acids is 1. The molecule has 17 heavy (non-hydrogen) atoms. The number of alkyl halides is 3. The van der Waals surface area contributed by atoms with Gasteiger partial charge in [-0.1, -0.05) is 11.3 Å². The number of thiazole rings is 1. The predicted molar refractivity (Wildman–Crippen MR) is 56.3 cm³/mol. The second-order valence-corrected chi connectivity index (χ2v) is 4.38. The monoisotopic (exact) mass is 262 g/mol. The molecule has 90 valence electrons. The molecular formula is C9H7F3N3OS+. The van der Waals surface area contributed by atoms with Gasteiger partial charge >= 0.3 is 17.1 Å². The number of nitrogens with two attached hydrogens (primary N) is 2. The van der Waals surface area contributed by atoms with Crippen LogP contribution in [0.25, 0.3) is 10.2 Å². The first kappa shape index (κ1) is 11.6. The summed E-state index contributed by atoms with van der Waals surface area (Å²) in [6.45, 7) is 0. The number of rotatable bonds is 1. The predicted octanol–water partition coefficient (Wildman–Crippen LogP) is 1.42. The standard InChI is InChI=1S/C9H6F3N3OS/c10-9(11,12)3-1-4(13)6-5(2-3)15-8(17-6)7(14)16/h1-2H,13H2,(H2,14,16)/p+1. The lowest BCUT2D eigenvalue weighted by molar-refractivity contribution is -0.342. The third-order valence-corrected chi connectivity index (χ3v) is 3.29. The van der Waals surface area contributed by atoms with Crippen molar-refractivity contribution in [1.29, 1.82) is 0 Å². The molecule has 1 aromatic heterocycles. The van der Waals surface area contributed by atoms with Crippen molar-refractivity contribution in [2.75, 3.05) is 5.73 Å².